The van der Waals surface area contributed by atoms with Gasteiger partial charge in [0.2, 0.25) is 0 Å². The normalized spacial score (nSPS) is 19.8. The molecule has 0 spiro atoms. The highest BCUT2D eigenvalue weighted by molar-refractivity contribution is 6.43. The predicted molar refractivity (Wildman–Crippen MR) is 132 cm³/mol. The van der Waals surface area contributed by atoms with Crippen molar-refractivity contribution in [2.75, 3.05) is 26.2 Å². The molecule has 1 aromatic carbocycles. The fourth-order valence-electron chi connectivity index (χ4n) is 4.77. The molecule has 2 aliphatic rings. The summed E-state index contributed by atoms with van der Waals surface area (Å²) in [5.41, 5.74) is 0.539. The van der Waals surface area contributed by atoms with E-state index in [4.69, 9.17) is 4.74 Å². The molecular formula is C25H35BN4O5. The Morgan fingerprint density at radius 3 is 2.54 bits per heavy atom. The van der Waals surface area contributed by atoms with Crippen molar-refractivity contribution in [3.63, 3.8) is 0 Å². The maximum Gasteiger partial charge on any atom is 0.475 e. The van der Waals surface area contributed by atoms with Gasteiger partial charge >= 0.3 is 13.2 Å². The number of benzene rings is 1. The van der Waals surface area contributed by atoms with E-state index in [9.17, 15) is 24.9 Å². The van der Waals surface area contributed by atoms with Crippen LogP contribution in [0.1, 0.15) is 45.1 Å². The van der Waals surface area contributed by atoms with Crippen LogP contribution in [-0.4, -0.2) is 82.7 Å². The van der Waals surface area contributed by atoms with E-state index in [0.29, 0.717) is 13.0 Å². The number of alkyl carbamates (subject to hydrolysis) is 1. The number of hydrogen-bond donors (Lipinski definition) is 3. The molecule has 0 aliphatic carbocycles. The van der Waals surface area contributed by atoms with Crippen LogP contribution in [0.25, 0.3) is 0 Å². The van der Waals surface area contributed by atoms with Crippen LogP contribution in [0.2, 0.25) is 0 Å². The lowest BCUT2D eigenvalue weighted by molar-refractivity contribution is -0.128. The number of carbonyl (C=O) groups is 2. The van der Waals surface area contributed by atoms with Gasteiger partial charge in [0.05, 0.1) is 12.0 Å². The summed E-state index contributed by atoms with van der Waals surface area (Å²) in [7, 11) is -1.76. The number of ether oxygens (including phenoxy) is 1. The lowest BCUT2D eigenvalue weighted by Crippen LogP contribution is -2.49. The number of nitriles is 1. The average molecular weight is 482 g/mol. The van der Waals surface area contributed by atoms with Crippen molar-refractivity contribution in [1.82, 2.24) is 15.1 Å². The van der Waals surface area contributed by atoms with Crippen molar-refractivity contribution in [3.8, 4) is 6.07 Å². The van der Waals surface area contributed by atoms with Crippen LogP contribution in [0.15, 0.2) is 42.0 Å². The number of likely N-dealkylation sites (tertiary alicyclic amines) is 2. The Labute approximate surface area is 207 Å². The molecule has 10 heteroatoms. The first-order chi connectivity index (χ1) is 16.7. The molecule has 188 valence electrons. The zero-order valence-corrected chi connectivity index (χ0v) is 20.5. The quantitative estimate of drug-likeness (QED) is 0.278. The van der Waals surface area contributed by atoms with E-state index < -0.39 is 24.7 Å². The minimum atomic E-state index is -1.76. The molecule has 0 saturated carbocycles. The lowest BCUT2D eigenvalue weighted by atomic mass is 9.76. The topological polar surface area (TPSA) is 126 Å². The van der Waals surface area contributed by atoms with Crippen molar-refractivity contribution in [2.45, 2.75) is 63.5 Å². The fourth-order valence-corrected chi connectivity index (χ4v) is 4.77. The monoisotopic (exact) mass is 482 g/mol. The van der Waals surface area contributed by atoms with Crippen LogP contribution in [0.3, 0.4) is 0 Å². The summed E-state index contributed by atoms with van der Waals surface area (Å²) in [4.78, 5) is 29.4. The van der Waals surface area contributed by atoms with Gasteiger partial charge in [-0.3, -0.25) is 9.69 Å². The first kappa shape index (κ1) is 26.7. The number of nitrogens with one attached hydrogen (secondary N) is 1. The van der Waals surface area contributed by atoms with Crippen molar-refractivity contribution < 1.29 is 24.4 Å². The summed E-state index contributed by atoms with van der Waals surface area (Å²) in [5, 5.41) is 31.5. The van der Waals surface area contributed by atoms with E-state index in [2.05, 4.69) is 16.3 Å². The number of carbonyl (C=O) groups excluding carboxylic acids is 2. The van der Waals surface area contributed by atoms with Crippen LogP contribution in [0, 0.1) is 11.3 Å². The summed E-state index contributed by atoms with van der Waals surface area (Å²) in [6, 6.07) is 10.9. The summed E-state index contributed by atoms with van der Waals surface area (Å²) in [6.45, 7) is 6.37. The van der Waals surface area contributed by atoms with Crippen LogP contribution in [0.5, 0.6) is 0 Å². The molecule has 0 radical (unpaired) electrons. The zero-order valence-electron chi connectivity index (χ0n) is 20.5. The van der Waals surface area contributed by atoms with Gasteiger partial charge in [-0.1, -0.05) is 30.3 Å². The van der Waals surface area contributed by atoms with Crippen LogP contribution in [-0.2, 0) is 16.0 Å². The van der Waals surface area contributed by atoms with E-state index in [1.807, 2.05) is 44.2 Å². The number of hydrogen-bond acceptors (Lipinski definition) is 7. The number of amides is 2. The lowest BCUT2D eigenvalue weighted by Gasteiger charge is -2.33. The van der Waals surface area contributed by atoms with Gasteiger partial charge in [0.1, 0.15) is 18.2 Å². The molecule has 2 amide bonds. The minimum absolute atomic E-state index is 0.0363. The Morgan fingerprint density at radius 1 is 1.23 bits per heavy atom. The van der Waals surface area contributed by atoms with E-state index in [1.165, 1.54) is 0 Å². The highest BCUT2D eigenvalue weighted by Gasteiger charge is 2.35. The molecule has 2 unspecified atom stereocenters. The second-order valence-corrected chi connectivity index (χ2v) is 9.76. The van der Waals surface area contributed by atoms with Gasteiger partial charge in [-0.15, -0.1) is 0 Å². The van der Waals surface area contributed by atoms with Gasteiger partial charge in [-0.05, 0) is 70.7 Å². The molecule has 2 atom stereocenters. The van der Waals surface area contributed by atoms with E-state index in [1.54, 1.807) is 11.0 Å². The smallest absolute Gasteiger partial charge is 0.447 e. The zero-order chi connectivity index (χ0) is 25.4. The van der Waals surface area contributed by atoms with Gasteiger partial charge in [-0.2, -0.15) is 5.26 Å². The molecule has 9 nitrogen and oxygen atoms in total. The molecule has 0 bridgehead atoms. The molecule has 1 aromatic rings. The van der Waals surface area contributed by atoms with Crippen molar-refractivity contribution in [2.24, 2.45) is 0 Å². The molecule has 0 aromatic heterocycles. The fraction of sp³-hybridized carbons (Fsp3) is 0.560. The van der Waals surface area contributed by atoms with E-state index in [-0.39, 0.29) is 30.5 Å². The summed E-state index contributed by atoms with van der Waals surface area (Å²) < 4.78 is 5.34. The molecule has 3 rings (SSSR count). The van der Waals surface area contributed by atoms with Gasteiger partial charge in [0.25, 0.3) is 5.91 Å². The Balaban J connectivity index is 1.58. The molecule has 2 saturated heterocycles. The van der Waals surface area contributed by atoms with Crippen molar-refractivity contribution >= 4 is 19.1 Å². The molecule has 3 N–H and O–H groups in total. The molecule has 2 heterocycles. The first-order valence-corrected chi connectivity index (χ1v) is 12.2. The second-order valence-electron chi connectivity index (χ2n) is 9.76. The highest BCUT2D eigenvalue weighted by Crippen LogP contribution is 2.26. The second kappa shape index (κ2) is 12.2. The largest absolute Gasteiger partial charge is 0.475 e. The van der Waals surface area contributed by atoms with Gasteiger partial charge in [0.15, 0.2) is 0 Å². The van der Waals surface area contributed by atoms with Crippen molar-refractivity contribution in [1.29, 1.82) is 5.26 Å². The number of rotatable bonds is 9. The number of nitrogens with zero attached hydrogens (tertiary/aromatic N) is 3. The minimum Gasteiger partial charge on any atom is -0.447 e. The van der Waals surface area contributed by atoms with Crippen molar-refractivity contribution in [3.05, 3.63) is 47.5 Å². The van der Waals surface area contributed by atoms with Crippen LogP contribution < -0.4 is 5.32 Å². The third kappa shape index (κ3) is 7.31. The van der Waals surface area contributed by atoms with Gasteiger partial charge in [-0.25, -0.2) is 4.79 Å². The SMILES string of the molecule is CC(C)(C=C(C#N)C(=O)N1CCCC1COC(=O)NC(Cc1ccccc1)B(O)O)N1CCCC1. The standard InChI is InChI=1S/C25H35BN4O5/c1-25(2,29-12-6-7-13-29)16-20(17-27)23(31)30-14-8-11-21(30)18-35-24(32)28-22(26(33)34)15-19-9-4-3-5-10-19/h3-5,9-10,16,21-22,33-34H,6-8,11-15,18H2,1-2H3,(H,28,32). The molecular weight excluding hydrogens is 447 g/mol. The molecule has 2 aliphatic heterocycles. The Morgan fingerprint density at radius 2 is 1.91 bits per heavy atom. The third-order valence-corrected chi connectivity index (χ3v) is 6.78. The Hall–Kier alpha value is -2.87. The average Bonchev–Trinajstić information content (AvgIpc) is 3.54. The third-order valence-electron chi connectivity index (χ3n) is 6.78. The summed E-state index contributed by atoms with van der Waals surface area (Å²) >= 11 is 0. The maximum atomic E-state index is 13.2. The Bertz CT molecular complexity index is 941. The van der Waals surface area contributed by atoms with E-state index in [0.717, 1.165) is 37.9 Å². The molecule has 2 fully saturated rings. The van der Waals surface area contributed by atoms with Gasteiger partial charge < -0.3 is 25.0 Å². The highest BCUT2D eigenvalue weighted by atomic mass is 16.5. The van der Waals surface area contributed by atoms with Gasteiger partial charge in [0, 0.05) is 12.1 Å². The summed E-state index contributed by atoms with van der Waals surface area (Å²) in [6.07, 6.45) is 4.82. The predicted octanol–water partition coefficient (Wildman–Crippen LogP) is 1.65. The summed E-state index contributed by atoms with van der Waals surface area (Å²) in [5.74, 6) is -1.29. The maximum absolute atomic E-state index is 13.2. The van der Waals surface area contributed by atoms with E-state index >= 15 is 0 Å². The molecule has 35 heavy (non-hydrogen) atoms. The van der Waals surface area contributed by atoms with Crippen LogP contribution >= 0.6 is 0 Å². The first-order valence-electron chi connectivity index (χ1n) is 12.2. The van der Waals surface area contributed by atoms with Crippen LogP contribution in [0.4, 0.5) is 4.79 Å². The Kier molecular flexibility index (Phi) is 9.32.